The zero-order valence-corrected chi connectivity index (χ0v) is 13.6. The van der Waals surface area contributed by atoms with Crippen LogP contribution < -0.4 is 15.6 Å². The van der Waals surface area contributed by atoms with Gasteiger partial charge in [0.2, 0.25) is 5.88 Å². The van der Waals surface area contributed by atoms with Crippen molar-refractivity contribution in [2.45, 2.75) is 12.7 Å². The Hall–Kier alpha value is -3.06. The highest BCUT2D eigenvalue weighted by molar-refractivity contribution is 5.41. The average molecular weight is 359 g/mol. The highest BCUT2D eigenvalue weighted by Gasteiger charge is 2.30. The molecule has 3 aromatic rings. The van der Waals surface area contributed by atoms with Gasteiger partial charge in [-0.25, -0.2) is 10.4 Å². The fraction of sp³-hybridized carbons (Fsp3) is 0.105. The quantitative estimate of drug-likeness (QED) is 0.608. The molecule has 26 heavy (non-hydrogen) atoms. The molecule has 134 valence electrons. The Balaban J connectivity index is 1.52. The number of hydrogen-bond acceptors (Lipinski definition) is 4. The van der Waals surface area contributed by atoms with E-state index in [1.54, 1.807) is 12.1 Å². The summed E-state index contributed by atoms with van der Waals surface area (Å²) in [6.07, 6.45) is -3.66. The Morgan fingerprint density at radius 1 is 0.885 bits per heavy atom. The van der Waals surface area contributed by atoms with Gasteiger partial charge in [-0.3, -0.25) is 0 Å². The van der Waals surface area contributed by atoms with Crippen LogP contribution in [0.25, 0.3) is 0 Å². The summed E-state index contributed by atoms with van der Waals surface area (Å²) in [7, 11) is 0. The Kier molecular flexibility index (Phi) is 5.38. The van der Waals surface area contributed by atoms with Gasteiger partial charge in [0.1, 0.15) is 5.75 Å². The van der Waals surface area contributed by atoms with Gasteiger partial charge >= 0.3 is 6.18 Å². The van der Waals surface area contributed by atoms with Crippen LogP contribution in [0.2, 0.25) is 0 Å². The van der Waals surface area contributed by atoms with E-state index in [1.807, 2.05) is 42.5 Å². The molecule has 3 rings (SSSR count). The number of alkyl halides is 3. The third-order valence-corrected chi connectivity index (χ3v) is 3.51. The van der Waals surface area contributed by atoms with Gasteiger partial charge in [-0.2, -0.15) is 13.2 Å². The minimum Gasteiger partial charge on any atom is -0.439 e. The number of ether oxygens (including phenoxy) is 1. The molecular weight excluding hydrogens is 343 g/mol. The summed E-state index contributed by atoms with van der Waals surface area (Å²) in [5.74, 6) is 0.603. The summed E-state index contributed by atoms with van der Waals surface area (Å²) >= 11 is 0. The number of para-hydroxylation sites is 1. The van der Waals surface area contributed by atoms with E-state index in [-0.39, 0.29) is 5.88 Å². The van der Waals surface area contributed by atoms with Crippen LogP contribution in [0, 0.1) is 0 Å². The summed E-state index contributed by atoms with van der Waals surface area (Å²) < 4.78 is 43.0. The third kappa shape index (κ3) is 4.97. The molecule has 0 aliphatic carbocycles. The van der Waals surface area contributed by atoms with E-state index in [0.717, 1.165) is 23.5 Å². The topological polar surface area (TPSA) is 46.2 Å². The van der Waals surface area contributed by atoms with Crippen LogP contribution in [-0.2, 0) is 12.7 Å². The van der Waals surface area contributed by atoms with Crippen LogP contribution in [0.15, 0.2) is 72.9 Å². The number of pyridine rings is 1. The lowest BCUT2D eigenvalue weighted by molar-refractivity contribution is -0.137. The van der Waals surface area contributed by atoms with Crippen molar-refractivity contribution in [3.63, 3.8) is 0 Å². The van der Waals surface area contributed by atoms with Gasteiger partial charge in [0.25, 0.3) is 0 Å². The first-order valence-electron chi connectivity index (χ1n) is 7.85. The molecule has 0 fully saturated rings. The molecule has 1 aromatic heterocycles. The van der Waals surface area contributed by atoms with Crippen LogP contribution in [-0.4, -0.2) is 4.98 Å². The van der Waals surface area contributed by atoms with Crippen LogP contribution in [0.4, 0.5) is 18.9 Å². The highest BCUT2D eigenvalue weighted by atomic mass is 19.4. The molecule has 0 amide bonds. The second-order valence-corrected chi connectivity index (χ2v) is 5.47. The fourth-order valence-electron chi connectivity index (χ4n) is 2.17. The second kappa shape index (κ2) is 7.88. The standard InChI is InChI=1S/C19H16F3N3O/c20-19(21,22)15-8-11-18(23-13-15)26-17-9-6-14(7-10-17)12-24-25-16-4-2-1-3-5-16/h1-11,13,24-25H,12H2. The summed E-state index contributed by atoms with van der Waals surface area (Å²) in [6.45, 7) is 0.591. The molecule has 1 heterocycles. The van der Waals surface area contributed by atoms with Gasteiger partial charge in [0, 0.05) is 24.5 Å². The highest BCUT2D eigenvalue weighted by Crippen LogP contribution is 2.30. The minimum atomic E-state index is -4.41. The van der Waals surface area contributed by atoms with E-state index in [1.165, 1.54) is 6.07 Å². The number of rotatable bonds is 6. The van der Waals surface area contributed by atoms with Gasteiger partial charge in [-0.05, 0) is 35.9 Å². The van der Waals surface area contributed by atoms with E-state index in [0.29, 0.717) is 12.3 Å². The smallest absolute Gasteiger partial charge is 0.417 e. The number of nitrogens with one attached hydrogen (secondary N) is 2. The van der Waals surface area contributed by atoms with E-state index in [2.05, 4.69) is 15.8 Å². The van der Waals surface area contributed by atoms with Crippen LogP contribution >= 0.6 is 0 Å². The number of benzene rings is 2. The lowest BCUT2D eigenvalue weighted by atomic mass is 10.2. The van der Waals surface area contributed by atoms with Gasteiger partial charge in [0.05, 0.1) is 5.56 Å². The SMILES string of the molecule is FC(F)(F)c1ccc(Oc2ccc(CNNc3ccccc3)cc2)nc1. The number of aromatic nitrogens is 1. The molecule has 0 aliphatic rings. The Bertz CT molecular complexity index is 819. The summed E-state index contributed by atoms with van der Waals surface area (Å²) in [6, 6.07) is 19.0. The minimum absolute atomic E-state index is 0.106. The van der Waals surface area contributed by atoms with E-state index < -0.39 is 11.7 Å². The number of anilines is 1. The molecular formula is C19H16F3N3O. The molecule has 0 spiro atoms. The summed E-state index contributed by atoms with van der Waals surface area (Å²) in [5, 5.41) is 0. The molecule has 2 N–H and O–H groups in total. The molecule has 0 saturated heterocycles. The number of hydrogen-bond donors (Lipinski definition) is 2. The van der Waals surface area contributed by atoms with Crippen LogP contribution in [0.1, 0.15) is 11.1 Å². The zero-order valence-electron chi connectivity index (χ0n) is 13.6. The van der Waals surface area contributed by atoms with Gasteiger partial charge in [-0.15, -0.1) is 0 Å². The van der Waals surface area contributed by atoms with E-state index >= 15 is 0 Å². The average Bonchev–Trinajstić information content (AvgIpc) is 2.64. The van der Waals surface area contributed by atoms with Crippen molar-refractivity contribution >= 4 is 5.69 Å². The molecule has 0 saturated carbocycles. The van der Waals surface area contributed by atoms with Gasteiger partial charge < -0.3 is 10.2 Å². The number of nitrogens with zero attached hydrogens (tertiary/aromatic N) is 1. The molecule has 0 bridgehead atoms. The number of halogens is 3. The van der Waals surface area contributed by atoms with Crippen LogP contribution in [0.3, 0.4) is 0 Å². The lowest BCUT2D eigenvalue weighted by Crippen LogP contribution is -2.20. The predicted octanol–water partition coefficient (Wildman–Crippen LogP) is 5.01. The van der Waals surface area contributed by atoms with Crippen molar-refractivity contribution in [3.05, 3.63) is 84.1 Å². The van der Waals surface area contributed by atoms with Crippen LogP contribution in [0.5, 0.6) is 11.6 Å². The van der Waals surface area contributed by atoms with Crippen molar-refractivity contribution < 1.29 is 17.9 Å². The van der Waals surface area contributed by atoms with Crippen molar-refractivity contribution in [2.24, 2.45) is 0 Å². The molecule has 2 aromatic carbocycles. The number of hydrazine groups is 1. The van der Waals surface area contributed by atoms with E-state index in [4.69, 9.17) is 4.74 Å². The normalized spacial score (nSPS) is 11.2. The second-order valence-electron chi connectivity index (χ2n) is 5.47. The molecule has 0 radical (unpaired) electrons. The van der Waals surface area contributed by atoms with Crippen molar-refractivity contribution in [1.29, 1.82) is 0 Å². The lowest BCUT2D eigenvalue weighted by Gasteiger charge is -2.10. The molecule has 0 aliphatic heterocycles. The molecule has 0 unspecified atom stereocenters. The fourth-order valence-corrected chi connectivity index (χ4v) is 2.17. The molecule has 4 nitrogen and oxygen atoms in total. The maximum atomic E-state index is 12.5. The Labute approximate surface area is 148 Å². The molecule has 0 atom stereocenters. The van der Waals surface area contributed by atoms with Crippen molar-refractivity contribution in [1.82, 2.24) is 10.4 Å². The summed E-state index contributed by atoms with van der Waals surface area (Å²) in [4.78, 5) is 3.68. The monoisotopic (exact) mass is 359 g/mol. The van der Waals surface area contributed by atoms with E-state index in [9.17, 15) is 13.2 Å². The van der Waals surface area contributed by atoms with Gasteiger partial charge in [0.15, 0.2) is 0 Å². The zero-order chi connectivity index (χ0) is 18.4. The maximum absolute atomic E-state index is 12.5. The maximum Gasteiger partial charge on any atom is 0.417 e. The van der Waals surface area contributed by atoms with Gasteiger partial charge in [-0.1, -0.05) is 30.3 Å². The first kappa shape index (κ1) is 17.8. The summed E-state index contributed by atoms with van der Waals surface area (Å²) in [5.41, 5.74) is 7.35. The van der Waals surface area contributed by atoms with Crippen molar-refractivity contribution in [3.8, 4) is 11.6 Å². The Morgan fingerprint density at radius 3 is 2.23 bits per heavy atom. The molecule has 7 heteroatoms. The predicted molar refractivity (Wildman–Crippen MR) is 92.7 cm³/mol. The first-order chi connectivity index (χ1) is 12.5. The Morgan fingerprint density at radius 2 is 1.62 bits per heavy atom. The third-order valence-electron chi connectivity index (χ3n) is 3.51. The largest absolute Gasteiger partial charge is 0.439 e. The first-order valence-corrected chi connectivity index (χ1v) is 7.85. The van der Waals surface area contributed by atoms with Crippen molar-refractivity contribution in [2.75, 3.05) is 5.43 Å².